The Morgan fingerprint density at radius 2 is 2.05 bits per heavy atom. The largest absolute Gasteiger partial charge is 0.418 e. The Morgan fingerprint density at radius 1 is 1.30 bits per heavy atom. The van der Waals surface area contributed by atoms with Gasteiger partial charge in [-0.05, 0) is 6.07 Å². The van der Waals surface area contributed by atoms with Crippen molar-refractivity contribution in [3.05, 3.63) is 36.0 Å². The van der Waals surface area contributed by atoms with Crippen molar-refractivity contribution in [2.45, 2.75) is 6.18 Å². The maximum Gasteiger partial charge on any atom is 0.418 e. The van der Waals surface area contributed by atoms with Crippen LogP contribution in [0.3, 0.4) is 0 Å². The molecule has 0 aliphatic rings. The summed E-state index contributed by atoms with van der Waals surface area (Å²) >= 11 is 0. The van der Waals surface area contributed by atoms with Crippen LogP contribution in [0, 0.1) is 0 Å². The number of nitrogens with two attached hydrogens (primary N) is 1. The van der Waals surface area contributed by atoms with Crippen LogP contribution < -0.4 is 5.73 Å². The Kier molecular flexibility index (Phi) is 2.53. The van der Waals surface area contributed by atoms with E-state index in [9.17, 15) is 13.2 Å². The zero-order chi connectivity index (χ0) is 14.5. The molecule has 3 rings (SSSR count). The van der Waals surface area contributed by atoms with Crippen LogP contribution in [0.1, 0.15) is 5.56 Å². The number of H-pyrrole nitrogens is 1. The highest BCUT2D eigenvalue weighted by Gasteiger charge is 2.34. The summed E-state index contributed by atoms with van der Waals surface area (Å²) in [4.78, 5) is 0. The number of hydrogen-bond acceptors (Lipinski definition) is 2. The molecule has 0 saturated carbocycles. The number of hydrogen-bond donors (Lipinski definition) is 2. The molecule has 3 aromatic rings. The summed E-state index contributed by atoms with van der Waals surface area (Å²) in [6, 6.07) is 5.72. The van der Waals surface area contributed by atoms with Crippen molar-refractivity contribution in [1.82, 2.24) is 14.8 Å². The number of aryl methyl sites for hydroxylation is 1. The average molecular weight is 280 g/mol. The Morgan fingerprint density at radius 3 is 2.65 bits per heavy atom. The van der Waals surface area contributed by atoms with Crippen LogP contribution in [0.4, 0.5) is 19.0 Å². The highest BCUT2D eigenvalue weighted by Crippen LogP contribution is 2.38. The topological polar surface area (TPSA) is 59.6 Å². The van der Waals surface area contributed by atoms with Gasteiger partial charge in [0.2, 0.25) is 0 Å². The number of nitrogen functional groups attached to an aromatic ring is 1. The van der Waals surface area contributed by atoms with Gasteiger partial charge < -0.3 is 10.3 Å². The minimum atomic E-state index is -4.39. The number of anilines is 1. The van der Waals surface area contributed by atoms with E-state index in [1.165, 1.54) is 10.6 Å². The number of alkyl halides is 3. The van der Waals surface area contributed by atoms with Gasteiger partial charge in [-0.15, -0.1) is 0 Å². The normalized spacial score (nSPS) is 12.2. The third-order valence-corrected chi connectivity index (χ3v) is 3.19. The standard InChI is InChI=1S/C13H11F3N4/c1-20-6-8(10-5-11(17)19-18-10)7-3-2-4-9(12(7)20)13(14,15)16/h2-6H,1H3,(H3,17,18,19). The second-order valence-corrected chi connectivity index (χ2v) is 4.56. The molecule has 20 heavy (non-hydrogen) atoms. The molecule has 0 aliphatic carbocycles. The number of nitrogens with one attached hydrogen (secondary N) is 1. The number of aromatic amines is 1. The number of rotatable bonds is 1. The molecule has 0 aliphatic heterocycles. The van der Waals surface area contributed by atoms with Crippen LogP contribution in [0.2, 0.25) is 0 Å². The maximum atomic E-state index is 13.1. The number of aromatic nitrogens is 3. The molecular formula is C13H11F3N4. The molecule has 0 spiro atoms. The molecule has 0 bridgehead atoms. The zero-order valence-corrected chi connectivity index (χ0v) is 10.5. The van der Waals surface area contributed by atoms with Gasteiger partial charge in [0.15, 0.2) is 0 Å². The number of halogens is 3. The summed E-state index contributed by atoms with van der Waals surface area (Å²) in [5, 5.41) is 7.02. The Labute approximate surface area is 112 Å². The highest BCUT2D eigenvalue weighted by molar-refractivity contribution is 5.97. The third-order valence-electron chi connectivity index (χ3n) is 3.19. The minimum Gasteiger partial charge on any atom is -0.382 e. The Bertz CT molecular complexity index is 783. The van der Waals surface area contributed by atoms with Gasteiger partial charge in [-0.3, -0.25) is 5.10 Å². The van der Waals surface area contributed by atoms with E-state index in [1.807, 2.05) is 0 Å². The maximum absolute atomic E-state index is 13.1. The van der Waals surface area contributed by atoms with Crippen LogP contribution in [0.25, 0.3) is 22.2 Å². The van der Waals surface area contributed by atoms with E-state index in [-0.39, 0.29) is 5.52 Å². The first-order valence-electron chi connectivity index (χ1n) is 5.84. The summed E-state index contributed by atoms with van der Waals surface area (Å²) in [6.07, 6.45) is -2.76. The van der Waals surface area contributed by atoms with Crippen LogP contribution >= 0.6 is 0 Å². The number of para-hydroxylation sites is 1. The van der Waals surface area contributed by atoms with Gasteiger partial charge in [0.25, 0.3) is 0 Å². The first-order chi connectivity index (χ1) is 9.38. The molecule has 3 N–H and O–H groups in total. The van der Waals surface area contributed by atoms with Crippen LogP contribution in [-0.4, -0.2) is 14.8 Å². The molecule has 4 nitrogen and oxygen atoms in total. The van der Waals surface area contributed by atoms with Crippen molar-refractivity contribution < 1.29 is 13.2 Å². The molecule has 2 aromatic heterocycles. The molecule has 104 valence electrons. The van der Waals surface area contributed by atoms with Gasteiger partial charge in [-0.2, -0.15) is 18.3 Å². The predicted molar refractivity (Wildman–Crippen MR) is 69.9 cm³/mol. The van der Waals surface area contributed by atoms with Crippen LogP contribution in [0.5, 0.6) is 0 Å². The van der Waals surface area contributed by atoms with E-state index in [0.29, 0.717) is 22.5 Å². The van der Waals surface area contributed by atoms with Crippen molar-refractivity contribution in [3.63, 3.8) is 0 Å². The molecule has 0 radical (unpaired) electrons. The molecule has 7 heteroatoms. The van der Waals surface area contributed by atoms with Crippen molar-refractivity contribution >= 4 is 16.7 Å². The molecule has 0 atom stereocenters. The molecule has 0 saturated heterocycles. The Hall–Kier alpha value is -2.44. The second-order valence-electron chi connectivity index (χ2n) is 4.56. The lowest BCUT2D eigenvalue weighted by atomic mass is 10.1. The van der Waals surface area contributed by atoms with Gasteiger partial charge in [0.05, 0.1) is 16.8 Å². The van der Waals surface area contributed by atoms with Crippen LogP contribution in [0.15, 0.2) is 30.5 Å². The Balaban J connectivity index is 2.33. The van der Waals surface area contributed by atoms with Crippen molar-refractivity contribution in [3.8, 4) is 11.3 Å². The second kappa shape index (κ2) is 4.03. The number of nitrogens with zero attached hydrogens (tertiary/aromatic N) is 2. The van der Waals surface area contributed by atoms with Gasteiger partial charge in [0, 0.05) is 30.3 Å². The third kappa shape index (κ3) is 1.82. The highest BCUT2D eigenvalue weighted by atomic mass is 19.4. The van der Waals surface area contributed by atoms with E-state index < -0.39 is 11.7 Å². The van der Waals surface area contributed by atoms with E-state index in [2.05, 4.69) is 10.2 Å². The molecule has 1 aromatic carbocycles. The molecule has 2 heterocycles. The predicted octanol–water partition coefficient (Wildman–Crippen LogP) is 3.17. The fourth-order valence-electron chi connectivity index (χ4n) is 2.39. The zero-order valence-electron chi connectivity index (χ0n) is 10.5. The molecule has 0 fully saturated rings. The number of fused-ring (bicyclic) bond motifs is 1. The van der Waals surface area contributed by atoms with Crippen LogP contribution in [-0.2, 0) is 13.2 Å². The monoisotopic (exact) mass is 280 g/mol. The summed E-state index contributed by atoms with van der Waals surface area (Å²) in [6.45, 7) is 0. The smallest absolute Gasteiger partial charge is 0.382 e. The van der Waals surface area contributed by atoms with Crippen molar-refractivity contribution in [2.24, 2.45) is 7.05 Å². The molecule has 0 unspecified atom stereocenters. The van der Waals surface area contributed by atoms with E-state index >= 15 is 0 Å². The molecular weight excluding hydrogens is 269 g/mol. The van der Waals surface area contributed by atoms with E-state index in [1.54, 1.807) is 25.4 Å². The quantitative estimate of drug-likeness (QED) is 0.719. The SMILES string of the molecule is Cn1cc(-c2cc(N)n[nH]2)c2cccc(C(F)(F)F)c21. The van der Waals surface area contributed by atoms with Gasteiger partial charge in [-0.25, -0.2) is 0 Å². The average Bonchev–Trinajstić information content (AvgIpc) is 2.93. The summed E-state index contributed by atoms with van der Waals surface area (Å²) in [5.74, 6) is 0.295. The first kappa shape index (κ1) is 12.6. The lowest BCUT2D eigenvalue weighted by Gasteiger charge is -2.09. The van der Waals surface area contributed by atoms with Crippen molar-refractivity contribution in [1.29, 1.82) is 0 Å². The fourth-order valence-corrected chi connectivity index (χ4v) is 2.39. The van der Waals surface area contributed by atoms with Gasteiger partial charge in [-0.1, -0.05) is 12.1 Å². The lowest BCUT2D eigenvalue weighted by molar-refractivity contribution is -0.136. The van der Waals surface area contributed by atoms with Gasteiger partial charge in [0.1, 0.15) is 5.82 Å². The summed E-state index contributed by atoms with van der Waals surface area (Å²) < 4.78 is 40.6. The molecule has 0 amide bonds. The van der Waals surface area contributed by atoms with E-state index in [0.717, 1.165) is 6.07 Å². The van der Waals surface area contributed by atoms with Crippen molar-refractivity contribution in [2.75, 3.05) is 5.73 Å². The summed E-state index contributed by atoms with van der Waals surface area (Å²) in [7, 11) is 1.58. The first-order valence-corrected chi connectivity index (χ1v) is 5.84. The lowest BCUT2D eigenvalue weighted by Crippen LogP contribution is -2.07. The van der Waals surface area contributed by atoms with Gasteiger partial charge >= 0.3 is 6.18 Å². The summed E-state index contributed by atoms with van der Waals surface area (Å²) in [5.41, 5.74) is 6.25. The van der Waals surface area contributed by atoms with E-state index in [4.69, 9.17) is 5.73 Å². The minimum absolute atomic E-state index is 0.142. The number of benzene rings is 1. The fraction of sp³-hybridized carbons (Fsp3) is 0.154.